The molecule has 88 valence electrons. The van der Waals surface area contributed by atoms with Gasteiger partial charge in [-0.15, -0.1) is 0 Å². The molecule has 0 amide bonds. The van der Waals surface area contributed by atoms with E-state index in [-0.39, 0.29) is 18.1 Å². The molecule has 5 nitrogen and oxygen atoms in total. The van der Waals surface area contributed by atoms with Crippen LogP contribution in [0, 0.1) is 0 Å². The van der Waals surface area contributed by atoms with Gasteiger partial charge >= 0.3 is 5.97 Å². The molecular weight excluding hydrogens is 208 g/mol. The highest BCUT2D eigenvalue weighted by Gasteiger charge is 2.29. The molecule has 0 saturated heterocycles. The van der Waals surface area contributed by atoms with Crippen LogP contribution in [-0.2, 0) is 9.47 Å². The average Bonchev–Trinajstić information content (AvgIpc) is 2.95. The van der Waals surface area contributed by atoms with Crippen LogP contribution in [-0.4, -0.2) is 36.1 Å². The lowest BCUT2D eigenvalue weighted by Crippen LogP contribution is -2.20. The smallest absolute Gasteiger partial charge is 0.341 e. The Balaban J connectivity index is 2.15. The molecule has 0 spiro atoms. The van der Waals surface area contributed by atoms with Crippen LogP contribution < -0.4 is 0 Å². The van der Waals surface area contributed by atoms with Crippen LogP contribution in [0.15, 0.2) is 12.4 Å². The molecular formula is C11H16N2O3. The van der Waals surface area contributed by atoms with Crippen LogP contribution in [0.1, 0.15) is 35.7 Å². The molecule has 0 aliphatic heterocycles. The SMILES string of the molecule is COC(=O)c1cnn([C@@H]2CCC[C@H]2OC)c1. The van der Waals surface area contributed by atoms with Crippen LogP contribution in [0.25, 0.3) is 0 Å². The van der Waals surface area contributed by atoms with Gasteiger partial charge in [0.2, 0.25) is 0 Å². The second-order valence-corrected chi connectivity index (χ2v) is 3.97. The standard InChI is InChI=1S/C11H16N2O3/c1-15-10-5-3-4-9(10)13-7-8(6-12-13)11(14)16-2/h6-7,9-10H,3-5H2,1-2H3/t9-,10-/m1/s1. The van der Waals surface area contributed by atoms with Crippen molar-refractivity contribution in [2.24, 2.45) is 0 Å². The number of esters is 1. The number of carbonyl (C=O) groups excluding carboxylic acids is 1. The van der Waals surface area contributed by atoms with Crippen molar-refractivity contribution in [2.45, 2.75) is 31.4 Å². The maximum absolute atomic E-state index is 11.3. The molecule has 0 radical (unpaired) electrons. The molecule has 16 heavy (non-hydrogen) atoms. The highest BCUT2D eigenvalue weighted by molar-refractivity contribution is 5.88. The number of methoxy groups -OCH3 is 2. The molecule has 2 rings (SSSR count). The molecule has 0 unspecified atom stereocenters. The van der Waals surface area contributed by atoms with Crippen molar-refractivity contribution in [3.63, 3.8) is 0 Å². The monoisotopic (exact) mass is 224 g/mol. The Labute approximate surface area is 94.3 Å². The Morgan fingerprint density at radius 3 is 3.00 bits per heavy atom. The summed E-state index contributed by atoms with van der Waals surface area (Å²) in [5.41, 5.74) is 0.490. The third-order valence-corrected chi connectivity index (χ3v) is 3.08. The summed E-state index contributed by atoms with van der Waals surface area (Å²) < 4.78 is 11.9. The summed E-state index contributed by atoms with van der Waals surface area (Å²) in [4.78, 5) is 11.3. The van der Waals surface area contributed by atoms with Crippen molar-refractivity contribution in [1.82, 2.24) is 9.78 Å². The zero-order valence-corrected chi connectivity index (χ0v) is 9.55. The highest BCUT2D eigenvalue weighted by atomic mass is 16.5. The van der Waals surface area contributed by atoms with Crippen molar-refractivity contribution >= 4 is 5.97 Å². The highest BCUT2D eigenvalue weighted by Crippen LogP contribution is 2.31. The van der Waals surface area contributed by atoms with E-state index in [4.69, 9.17) is 4.74 Å². The van der Waals surface area contributed by atoms with Gasteiger partial charge in [-0.25, -0.2) is 4.79 Å². The Morgan fingerprint density at radius 1 is 1.50 bits per heavy atom. The zero-order valence-electron chi connectivity index (χ0n) is 9.55. The van der Waals surface area contributed by atoms with Crippen LogP contribution in [0.4, 0.5) is 0 Å². The Hall–Kier alpha value is -1.36. The van der Waals surface area contributed by atoms with Gasteiger partial charge in [0.1, 0.15) is 0 Å². The number of hydrogen-bond donors (Lipinski definition) is 0. The first-order chi connectivity index (χ1) is 7.76. The van der Waals surface area contributed by atoms with E-state index in [1.807, 2.05) is 4.68 Å². The summed E-state index contributed by atoms with van der Waals surface area (Å²) in [6.07, 6.45) is 6.70. The second-order valence-electron chi connectivity index (χ2n) is 3.97. The molecule has 1 saturated carbocycles. The lowest BCUT2D eigenvalue weighted by molar-refractivity contribution is 0.0598. The van der Waals surface area contributed by atoms with Gasteiger partial charge in [-0.3, -0.25) is 4.68 Å². The molecule has 0 N–H and O–H groups in total. The van der Waals surface area contributed by atoms with Crippen molar-refractivity contribution in [3.8, 4) is 0 Å². The first-order valence-electron chi connectivity index (χ1n) is 5.41. The zero-order chi connectivity index (χ0) is 11.5. The third-order valence-electron chi connectivity index (χ3n) is 3.08. The molecule has 1 aliphatic carbocycles. The second kappa shape index (κ2) is 4.65. The summed E-state index contributed by atoms with van der Waals surface area (Å²) in [5, 5.41) is 4.20. The molecule has 1 fully saturated rings. The summed E-state index contributed by atoms with van der Waals surface area (Å²) in [6.45, 7) is 0. The van der Waals surface area contributed by atoms with Gasteiger partial charge in [0.05, 0.1) is 31.0 Å². The van der Waals surface area contributed by atoms with E-state index >= 15 is 0 Å². The number of ether oxygens (including phenoxy) is 2. The minimum absolute atomic E-state index is 0.199. The first-order valence-corrected chi connectivity index (χ1v) is 5.41. The van der Waals surface area contributed by atoms with Gasteiger partial charge in [-0.2, -0.15) is 5.10 Å². The van der Waals surface area contributed by atoms with E-state index in [0.717, 1.165) is 19.3 Å². The first kappa shape index (κ1) is 11.1. The summed E-state index contributed by atoms with van der Waals surface area (Å²) in [6, 6.07) is 0.239. The Kier molecular flexibility index (Phi) is 3.24. The van der Waals surface area contributed by atoms with Crippen LogP contribution >= 0.6 is 0 Å². The largest absolute Gasteiger partial charge is 0.465 e. The van der Waals surface area contributed by atoms with Crippen molar-refractivity contribution < 1.29 is 14.3 Å². The van der Waals surface area contributed by atoms with Crippen LogP contribution in [0.2, 0.25) is 0 Å². The fourth-order valence-corrected chi connectivity index (χ4v) is 2.23. The number of carbonyl (C=O) groups is 1. The Bertz CT molecular complexity index is 375. The molecule has 2 atom stereocenters. The van der Waals surface area contributed by atoms with Crippen molar-refractivity contribution in [2.75, 3.05) is 14.2 Å². The topological polar surface area (TPSA) is 53.3 Å². The maximum atomic E-state index is 11.3. The minimum Gasteiger partial charge on any atom is -0.465 e. The molecule has 0 aromatic carbocycles. The third kappa shape index (κ3) is 1.95. The summed E-state index contributed by atoms with van der Waals surface area (Å²) >= 11 is 0. The number of rotatable bonds is 3. The van der Waals surface area contributed by atoms with Crippen molar-refractivity contribution in [3.05, 3.63) is 18.0 Å². The van der Waals surface area contributed by atoms with Crippen molar-refractivity contribution in [1.29, 1.82) is 0 Å². The lowest BCUT2D eigenvalue weighted by atomic mass is 10.2. The van der Waals surface area contributed by atoms with E-state index in [1.54, 1.807) is 13.3 Å². The fourth-order valence-electron chi connectivity index (χ4n) is 2.23. The lowest BCUT2D eigenvalue weighted by Gasteiger charge is -2.18. The summed E-state index contributed by atoms with van der Waals surface area (Å²) in [7, 11) is 3.08. The average molecular weight is 224 g/mol. The normalized spacial score (nSPS) is 24.6. The van der Waals surface area contributed by atoms with E-state index in [2.05, 4.69) is 9.84 Å². The van der Waals surface area contributed by atoms with Gasteiger partial charge in [0.25, 0.3) is 0 Å². The predicted molar refractivity (Wildman–Crippen MR) is 57.3 cm³/mol. The van der Waals surface area contributed by atoms with Gasteiger partial charge < -0.3 is 9.47 Å². The van der Waals surface area contributed by atoms with E-state index < -0.39 is 0 Å². The molecule has 1 aliphatic rings. The van der Waals surface area contributed by atoms with E-state index in [0.29, 0.717) is 5.56 Å². The van der Waals surface area contributed by atoms with Crippen LogP contribution in [0.3, 0.4) is 0 Å². The number of nitrogens with zero attached hydrogens (tertiary/aromatic N) is 2. The number of aromatic nitrogens is 2. The van der Waals surface area contributed by atoms with Gasteiger partial charge in [0, 0.05) is 13.3 Å². The summed E-state index contributed by atoms with van der Waals surface area (Å²) in [5.74, 6) is -0.349. The predicted octanol–water partition coefficient (Wildman–Crippen LogP) is 1.41. The quantitative estimate of drug-likeness (QED) is 0.728. The van der Waals surface area contributed by atoms with E-state index in [9.17, 15) is 4.79 Å². The van der Waals surface area contributed by atoms with Crippen LogP contribution in [0.5, 0.6) is 0 Å². The van der Waals surface area contributed by atoms with Gasteiger partial charge in [0.15, 0.2) is 0 Å². The fraction of sp³-hybridized carbons (Fsp3) is 0.636. The molecule has 0 bridgehead atoms. The minimum atomic E-state index is -0.349. The number of hydrogen-bond acceptors (Lipinski definition) is 4. The Morgan fingerprint density at radius 2 is 2.31 bits per heavy atom. The maximum Gasteiger partial charge on any atom is 0.341 e. The molecule has 1 heterocycles. The molecule has 5 heteroatoms. The van der Waals surface area contributed by atoms with E-state index in [1.165, 1.54) is 13.3 Å². The van der Waals surface area contributed by atoms with Gasteiger partial charge in [-0.05, 0) is 19.3 Å². The molecule has 1 aromatic heterocycles. The molecule has 1 aromatic rings. The van der Waals surface area contributed by atoms with Gasteiger partial charge in [-0.1, -0.05) is 0 Å².